The molecular formula is C5H5N. The molecule has 0 aromatic rings. The summed E-state index contributed by atoms with van der Waals surface area (Å²) in [5.41, 5.74) is 4.12. The van der Waals surface area contributed by atoms with Gasteiger partial charge in [0.25, 0.3) is 0 Å². The molecule has 0 saturated carbocycles. The van der Waals surface area contributed by atoms with Gasteiger partial charge in [-0.15, -0.1) is 0 Å². The summed E-state index contributed by atoms with van der Waals surface area (Å²) in [4.78, 5) is 0. The van der Waals surface area contributed by atoms with Gasteiger partial charge in [-0.2, -0.15) is 0 Å². The topological polar surface area (TPSA) is 21.9 Å². The molecule has 30 valence electrons. The van der Waals surface area contributed by atoms with E-state index in [1.807, 2.05) is 0 Å². The standard InChI is InChI=1S/C5H5N/c1-3-4(1)5(3)2-6-5/h6H,1-2H2. The SMILES string of the molecule is C1C2=C1C21CN1. The number of hydrogen-bond donors (Lipinski definition) is 1. The van der Waals surface area contributed by atoms with Crippen LogP contribution in [0.2, 0.25) is 0 Å². The van der Waals surface area contributed by atoms with Crippen LogP contribution in [0.15, 0.2) is 11.1 Å². The highest BCUT2D eigenvalue weighted by atomic mass is 15.2. The lowest BCUT2D eigenvalue weighted by Crippen LogP contribution is -2.03. The molecule has 0 atom stereocenters. The lowest BCUT2D eigenvalue weighted by atomic mass is 10.1. The zero-order chi connectivity index (χ0) is 3.78. The van der Waals surface area contributed by atoms with Gasteiger partial charge >= 0.3 is 0 Å². The van der Waals surface area contributed by atoms with E-state index in [-0.39, 0.29) is 0 Å². The van der Waals surface area contributed by atoms with Crippen LogP contribution in [-0.2, 0) is 0 Å². The summed E-state index contributed by atoms with van der Waals surface area (Å²) < 4.78 is 0. The van der Waals surface area contributed by atoms with Crippen molar-refractivity contribution >= 4 is 0 Å². The van der Waals surface area contributed by atoms with E-state index in [1.165, 1.54) is 13.0 Å². The fourth-order valence-corrected chi connectivity index (χ4v) is 1.28. The number of nitrogens with one attached hydrogen (secondary N) is 1. The van der Waals surface area contributed by atoms with Crippen molar-refractivity contribution in [3.8, 4) is 0 Å². The summed E-state index contributed by atoms with van der Waals surface area (Å²) in [6.45, 7) is 1.28. The van der Waals surface area contributed by atoms with Crippen LogP contribution in [0.3, 0.4) is 0 Å². The van der Waals surface area contributed by atoms with Gasteiger partial charge in [0.15, 0.2) is 0 Å². The Hall–Kier alpha value is -0.300. The molecule has 0 amide bonds. The fraction of sp³-hybridized carbons (Fsp3) is 0.600. The molecule has 0 unspecified atom stereocenters. The molecule has 6 heavy (non-hydrogen) atoms. The Balaban J connectivity index is 2.21. The summed E-state index contributed by atoms with van der Waals surface area (Å²) in [5.74, 6) is 0. The molecule has 0 aromatic carbocycles. The Bertz CT molecular complexity index is 149. The molecule has 0 aromatic heterocycles. The highest BCUT2D eigenvalue weighted by molar-refractivity contribution is 5.76. The fourth-order valence-electron chi connectivity index (χ4n) is 1.28. The average Bonchev–Trinajstić information content (AvgIpc) is 2.30. The van der Waals surface area contributed by atoms with Crippen LogP contribution in [-0.4, -0.2) is 12.1 Å². The van der Waals surface area contributed by atoms with E-state index < -0.39 is 0 Å². The molecule has 1 nitrogen and oxygen atoms in total. The van der Waals surface area contributed by atoms with Crippen molar-refractivity contribution in [2.45, 2.75) is 12.0 Å². The lowest BCUT2D eigenvalue weighted by Gasteiger charge is -1.93. The molecule has 3 rings (SSSR count). The van der Waals surface area contributed by atoms with Crippen molar-refractivity contribution in [3.63, 3.8) is 0 Å². The molecule has 1 spiro atoms. The first-order chi connectivity index (χ1) is 2.93. The Kier molecular flexibility index (Phi) is 0.105. The molecule has 0 radical (unpaired) electrons. The second-order valence-corrected chi connectivity index (χ2v) is 2.39. The summed E-state index contributed by atoms with van der Waals surface area (Å²) in [6, 6.07) is 0. The molecule has 1 fully saturated rings. The molecule has 1 heterocycles. The molecule has 3 aliphatic rings. The Morgan fingerprint density at radius 1 is 1.50 bits per heavy atom. The van der Waals surface area contributed by atoms with Gasteiger partial charge in [-0.1, -0.05) is 0 Å². The van der Waals surface area contributed by atoms with E-state index in [1.54, 1.807) is 11.1 Å². The van der Waals surface area contributed by atoms with Crippen molar-refractivity contribution in [1.82, 2.24) is 5.32 Å². The highest BCUT2D eigenvalue weighted by Crippen LogP contribution is 2.68. The monoisotopic (exact) mass is 79.0 g/mol. The third kappa shape index (κ3) is 0.0629. The summed E-state index contributed by atoms with van der Waals surface area (Å²) in [5, 5.41) is 3.31. The predicted molar refractivity (Wildman–Crippen MR) is 22.4 cm³/mol. The van der Waals surface area contributed by atoms with Gasteiger partial charge in [-0.25, -0.2) is 0 Å². The maximum atomic E-state index is 3.31. The van der Waals surface area contributed by atoms with Crippen molar-refractivity contribution in [2.75, 3.05) is 6.54 Å². The third-order valence-corrected chi connectivity index (χ3v) is 2.09. The summed E-state index contributed by atoms with van der Waals surface area (Å²) >= 11 is 0. The normalized spacial score (nSPS) is 40.0. The third-order valence-electron chi connectivity index (χ3n) is 2.09. The smallest absolute Gasteiger partial charge is 0.0750 e. The lowest BCUT2D eigenvalue weighted by molar-refractivity contribution is 0.917. The van der Waals surface area contributed by atoms with Crippen LogP contribution in [0.1, 0.15) is 6.42 Å². The van der Waals surface area contributed by atoms with E-state index in [0.717, 1.165) is 0 Å². The van der Waals surface area contributed by atoms with Crippen LogP contribution < -0.4 is 5.32 Å². The van der Waals surface area contributed by atoms with Gasteiger partial charge in [-0.05, 0) is 17.6 Å². The van der Waals surface area contributed by atoms with E-state index in [2.05, 4.69) is 5.32 Å². The first-order valence-electron chi connectivity index (χ1n) is 2.41. The summed E-state index contributed by atoms with van der Waals surface area (Å²) in [6.07, 6.45) is 1.38. The van der Waals surface area contributed by atoms with Gasteiger partial charge in [-0.3, -0.25) is 0 Å². The van der Waals surface area contributed by atoms with Crippen LogP contribution >= 0.6 is 0 Å². The van der Waals surface area contributed by atoms with E-state index in [0.29, 0.717) is 5.54 Å². The molecule has 1 saturated heterocycles. The maximum absolute atomic E-state index is 3.31. The number of rotatable bonds is 0. The van der Waals surface area contributed by atoms with Crippen LogP contribution in [0.4, 0.5) is 0 Å². The molecular weight excluding hydrogens is 74.1 g/mol. The summed E-state index contributed by atoms with van der Waals surface area (Å²) in [7, 11) is 0. The van der Waals surface area contributed by atoms with Gasteiger partial charge in [0.05, 0.1) is 5.54 Å². The van der Waals surface area contributed by atoms with E-state index >= 15 is 0 Å². The van der Waals surface area contributed by atoms with Crippen molar-refractivity contribution in [2.24, 2.45) is 0 Å². The van der Waals surface area contributed by atoms with Gasteiger partial charge in [0.2, 0.25) is 0 Å². The van der Waals surface area contributed by atoms with Crippen molar-refractivity contribution in [1.29, 1.82) is 0 Å². The maximum Gasteiger partial charge on any atom is 0.0750 e. The molecule has 0 bridgehead atoms. The van der Waals surface area contributed by atoms with Gasteiger partial charge in [0.1, 0.15) is 0 Å². The van der Waals surface area contributed by atoms with Crippen LogP contribution in [0.25, 0.3) is 0 Å². The largest absolute Gasteiger partial charge is 0.301 e. The second-order valence-electron chi connectivity index (χ2n) is 2.39. The van der Waals surface area contributed by atoms with Crippen molar-refractivity contribution in [3.05, 3.63) is 11.1 Å². The van der Waals surface area contributed by atoms with Crippen molar-refractivity contribution < 1.29 is 0 Å². The molecule has 1 N–H and O–H groups in total. The minimum absolute atomic E-state index is 0.639. The number of fused-ring (bicyclic) bond motifs is 2. The van der Waals surface area contributed by atoms with Gasteiger partial charge in [0, 0.05) is 6.54 Å². The zero-order valence-corrected chi connectivity index (χ0v) is 3.41. The van der Waals surface area contributed by atoms with E-state index in [4.69, 9.17) is 0 Å². The predicted octanol–water partition coefficient (Wildman–Crippen LogP) is 0.0423. The zero-order valence-electron chi connectivity index (χ0n) is 3.41. The van der Waals surface area contributed by atoms with Crippen LogP contribution in [0, 0.1) is 0 Å². The average molecular weight is 79.1 g/mol. The van der Waals surface area contributed by atoms with E-state index in [9.17, 15) is 0 Å². The minimum Gasteiger partial charge on any atom is -0.301 e. The molecule has 1 heteroatoms. The Labute approximate surface area is 36.0 Å². The van der Waals surface area contributed by atoms with Gasteiger partial charge < -0.3 is 5.32 Å². The Morgan fingerprint density at radius 3 is 2.17 bits per heavy atom. The minimum atomic E-state index is 0.639. The highest BCUT2D eigenvalue weighted by Gasteiger charge is 2.71. The quantitative estimate of drug-likeness (QED) is 0.321. The Morgan fingerprint density at radius 2 is 2.17 bits per heavy atom. The number of hydrogen-bond acceptors (Lipinski definition) is 1. The first-order valence-corrected chi connectivity index (χ1v) is 2.41. The van der Waals surface area contributed by atoms with Crippen LogP contribution in [0.5, 0.6) is 0 Å². The molecule has 2 aliphatic carbocycles. The molecule has 1 aliphatic heterocycles. The second kappa shape index (κ2) is 0.298. The first kappa shape index (κ1) is 2.12.